The number of rotatable bonds is 6. The summed E-state index contributed by atoms with van der Waals surface area (Å²) in [5.74, 6) is -0.258. The number of esters is 1. The van der Waals surface area contributed by atoms with Crippen molar-refractivity contribution in [2.24, 2.45) is 11.5 Å². The van der Waals surface area contributed by atoms with Gasteiger partial charge in [0.15, 0.2) is 0 Å². The number of nitrogens with two attached hydrogens (primary N) is 2. The third-order valence-corrected chi connectivity index (χ3v) is 3.35. The first-order valence-corrected chi connectivity index (χ1v) is 7.85. The molecule has 1 fully saturated rings. The predicted molar refractivity (Wildman–Crippen MR) is 83.2 cm³/mol. The van der Waals surface area contributed by atoms with Crippen LogP contribution in [0.5, 0.6) is 0 Å². The van der Waals surface area contributed by atoms with Gasteiger partial charge in [-0.1, -0.05) is 0 Å². The van der Waals surface area contributed by atoms with Crippen molar-refractivity contribution in [3.63, 3.8) is 0 Å². The smallest absolute Gasteiger partial charge is 0.407 e. The summed E-state index contributed by atoms with van der Waals surface area (Å²) in [6.07, 6.45) is 2.26. The number of hydrogen-bond acceptors (Lipinski definition) is 6. The first-order valence-electron chi connectivity index (χ1n) is 7.85. The molecule has 0 radical (unpaired) electrons. The van der Waals surface area contributed by atoms with Gasteiger partial charge in [0.1, 0.15) is 11.7 Å². The number of amides is 1. The molecule has 0 aromatic heterocycles. The molecule has 7 nitrogen and oxygen atoms in total. The molecule has 0 aromatic carbocycles. The third kappa shape index (κ3) is 7.61. The van der Waals surface area contributed by atoms with E-state index in [1.165, 1.54) is 0 Å². The highest BCUT2D eigenvalue weighted by Crippen LogP contribution is 2.20. The van der Waals surface area contributed by atoms with E-state index < -0.39 is 11.7 Å². The van der Waals surface area contributed by atoms with Crippen LogP contribution in [0.15, 0.2) is 0 Å². The summed E-state index contributed by atoms with van der Waals surface area (Å²) in [5.41, 5.74) is 11.1. The van der Waals surface area contributed by atoms with Crippen molar-refractivity contribution in [3.8, 4) is 0 Å². The van der Waals surface area contributed by atoms with E-state index in [0.29, 0.717) is 38.6 Å². The lowest BCUT2D eigenvalue weighted by molar-refractivity contribution is -0.149. The van der Waals surface area contributed by atoms with E-state index in [-0.39, 0.29) is 24.2 Å². The third-order valence-electron chi connectivity index (χ3n) is 3.35. The van der Waals surface area contributed by atoms with Crippen LogP contribution in [0.4, 0.5) is 4.79 Å². The quantitative estimate of drug-likeness (QED) is 0.498. The molecular weight excluding hydrogens is 286 g/mol. The molecule has 0 unspecified atom stereocenters. The average molecular weight is 315 g/mol. The molecule has 7 heteroatoms. The minimum absolute atomic E-state index is 0.0193. The fraction of sp³-hybridized carbons (Fsp3) is 0.867. The van der Waals surface area contributed by atoms with Gasteiger partial charge in [0, 0.05) is 31.5 Å². The Morgan fingerprint density at radius 3 is 2.41 bits per heavy atom. The second-order valence-corrected chi connectivity index (χ2v) is 6.81. The molecule has 1 amide bonds. The van der Waals surface area contributed by atoms with Crippen molar-refractivity contribution in [3.05, 3.63) is 0 Å². The second-order valence-electron chi connectivity index (χ2n) is 6.81. The highest BCUT2D eigenvalue weighted by molar-refractivity contribution is 5.69. The van der Waals surface area contributed by atoms with Crippen LogP contribution in [0, 0.1) is 0 Å². The monoisotopic (exact) mass is 315 g/mol. The first kappa shape index (κ1) is 18.7. The number of carbonyl (C=O) groups is 2. The van der Waals surface area contributed by atoms with Crippen LogP contribution < -0.4 is 16.8 Å². The van der Waals surface area contributed by atoms with Gasteiger partial charge in [0.05, 0.1) is 0 Å². The first-order chi connectivity index (χ1) is 10.2. The van der Waals surface area contributed by atoms with E-state index in [2.05, 4.69) is 5.32 Å². The molecule has 1 rings (SSSR count). The molecule has 0 saturated heterocycles. The van der Waals surface area contributed by atoms with Gasteiger partial charge in [0.25, 0.3) is 0 Å². The molecule has 1 aliphatic carbocycles. The summed E-state index contributed by atoms with van der Waals surface area (Å²) in [6, 6.07) is -0.140. The molecule has 0 spiro atoms. The summed E-state index contributed by atoms with van der Waals surface area (Å²) in [4.78, 5) is 23.1. The van der Waals surface area contributed by atoms with E-state index >= 15 is 0 Å². The lowest BCUT2D eigenvalue weighted by Gasteiger charge is -2.19. The van der Waals surface area contributed by atoms with Crippen LogP contribution in [0.25, 0.3) is 0 Å². The van der Waals surface area contributed by atoms with E-state index in [1.54, 1.807) is 0 Å². The Morgan fingerprint density at radius 2 is 1.86 bits per heavy atom. The van der Waals surface area contributed by atoms with Crippen LogP contribution in [-0.4, -0.2) is 42.4 Å². The van der Waals surface area contributed by atoms with E-state index in [1.807, 2.05) is 20.8 Å². The zero-order valence-electron chi connectivity index (χ0n) is 13.8. The molecule has 128 valence electrons. The van der Waals surface area contributed by atoms with Gasteiger partial charge in [-0.05, 0) is 40.0 Å². The highest BCUT2D eigenvalue weighted by atomic mass is 16.6. The maximum Gasteiger partial charge on any atom is 0.407 e. The molecular formula is C15H29N3O4. The molecule has 0 aliphatic heterocycles. The number of alkyl carbamates (subject to hydrolysis) is 1. The molecule has 5 N–H and O–H groups in total. The van der Waals surface area contributed by atoms with Crippen molar-refractivity contribution in [2.45, 2.75) is 76.7 Å². The van der Waals surface area contributed by atoms with Crippen molar-refractivity contribution in [1.29, 1.82) is 0 Å². The highest BCUT2D eigenvalue weighted by Gasteiger charge is 2.32. The molecule has 3 atom stereocenters. The van der Waals surface area contributed by atoms with Gasteiger partial charge >= 0.3 is 12.1 Å². The molecule has 0 bridgehead atoms. The predicted octanol–water partition coefficient (Wildman–Crippen LogP) is 1.04. The number of unbranched alkanes of at least 4 members (excludes halogenated alkanes) is 1. The molecule has 22 heavy (non-hydrogen) atoms. The largest absolute Gasteiger partial charge is 0.461 e. The van der Waals surface area contributed by atoms with Gasteiger partial charge in [-0.2, -0.15) is 0 Å². The standard InChI is InChI=1S/C15H29N3O4/c1-15(2,3)22-14(20)18-7-5-4-6-13(19)21-12-9-10(16)8-11(12)17/h10-12H,4-9,16-17H2,1-3H3,(H,18,20)/t10-,11+,12+/m1/s1. The number of hydrogen-bond donors (Lipinski definition) is 3. The van der Waals surface area contributed by atoms with Crippen molar-refractivity contribution in [1.82, 2.24) is 5.32 Å². The SMILES string of the molecule is CC(C)(C)OC(=O)NCCCCC(=O)O[C@H]1C[C@H](N)C[C@@H]1N. The van der Waals surface area contributed by atoms with Crippen LogP contribution in [-0.2, 0) is 14.3 Å². The zero-order chi connectivity index (χ0) is 16.8. The Hall–Kier alpha value is -1.34. The van der Waals surface area contributed by atoms with Crippen molar-refractivity contribution >= 4 is 12.1 Å². The van der Waals surface area contributed by atoms with Crippen molar-refractivity contribution in [2.75, 3.05) is 6.54 Å². The van der Waals surface area contributed by atoms with Crippen LogP contribution in [0.3, 0.4) is 0 Å². The van der Waals surface area contributed by atoms with E-state index in [0.717, 1.165) is 0 Å². The minimum atomic E-state index is -0.505. The van der Waals surface area contributed by atoms with Gasteiger partial charge in [0.2, 0.25) is 0 Å². The lowest BCUT2D eigenvalue weighted by Crippen LogP contribution is -2.33. The molecule has 0 heterocycles. The Balaban J connectivity index is 2.07. The number of ether oxygens (including phenoxy) is 2. The van der Waals surface area contributed by atoms with E-state index in [9.17, 15) is 9.59 Å². The van der Waals surface area contributed by atoms with Crippen LogP contribution in [0.1, 0.15) is 52.9 Å². The molecule has 0 aromatic rings. The minimum Gasteiger partial charge on any atom is -0.461 e. The van der Waals surface area contributed by atoms with Crippen molar-refractivity contribution < 1.29 is 19.1 Å². The maximum atomic E-state index is 11.7. The molecule has 1 aliphatic rings. The fourth-order valence-corrected chi connectivity index (χ4v) is 2.33. The number of carbonyl (C=O) groups excluding carboxylic acids is 2. The van der Waals surface area contributed by atoms with Gasteiger partial charge in [-0.3, -0.25) is 4.79 Å². The average Bonchev–Trinajstić information content (AvgIpc) is 2.65. The normalized spacial score (nSPS) is 24.9. The Bertz CT molecular complexity index is 381. The Kier molecular flexibility index (Phi) is 7.09. The van der Waals surface area contributed by atoms with Gasteiger partial charge < -0.3 is 26.3 Å². The second kappa shape index (κ2) is 8.33. The fourth-order valence-electron chi connectivity index (χ4n) is 2.33. The lowest BCUT2D eigenvalue weighted by atomic mass is 10.2. The summed E-state index contributed by atoms with van der Waals surface area (Å²) in [7, 11) is 0. The van der Waals surface area contributed by atoms with Crippen LogP contribution >= 0.6 is 0 Å². The maximum absolute atomic E-state index is 11.7. The van der Waals surface area contributed by atoms with E-state index in [4.69, 9.17) is 20.9 Å². The summed E-state index contributed by atoms with van der Waals surface area (Å²) in [5, 5.41) is 2.65. The zero-order valence-corrected chi connectivity index (χ0v) is 13.8. The molecule has 1 saturated carbocycles. The summed E-state index contributed by atoms with van der Waals surface area (Å²) >= 11 is 0. The summed E-state index contributed by atoms with van der Waals surface area (Å²) in [6.45, 7) is 5.89. The topological polar surface area (TPSA) is 117 Å². The summed E-state index contributed by atoms with van der Waals surface area (Å²) < 4.78 is 10.4. The number of nitrogens with one attached hydrogen (secondary N) is 1. The van der Waals surface area contributed by atoms with Gasteiger partial charge in [-0.25, -0.2) is 4.79 Å². The Morgan fingerprint density at radius 1 is 1.18 bits per heavy atom. The van der Waals surface area contributed by atoms with Crippen LogP contribution in [0.2, 0.25) is 0 Å². The Labute approximate surface area is 132 Å². The van der Waals surface area contributed by atoms with Gasteiger partial charge in [-0.15, -0.1) is 0 Å².